The highest BCUT2D eigenvalue weighted by molar-refractivity contribution is 7.13. The summed E-state index contributed by atoms with van der Waals surface area (Å²) in [6.07, 6.45) is 0.302. The van der Waals surface area contributed by atoms with Crippen LogP contribution in [0.1, 0.15) is 32.4 Å². The van der Waals surface area contributed by atoms with Gasteiger partial charge in [0.15, 0.2) is 0 Å². The van der Waals surface area contributed by atoms with Crippen LogP contribution in [0.5, 0.6) is 0 Å². The van der Waals surface area contributed by atoms with Gasteiger partial charge in [-0.15, -0.1) is 11.3 Å². The summed E-state index contributed by atoms with van der Waals surface area (Å²) < 4.78 is 0. The van der Waals surface area contributed by atoms with Gasteiger partial charge in [-0.1, -0.05) is 12.1 Å². The summed E-state index contributed by atoms with van der Waals surface area (Å²) >= 11 is 1.40. The zero-order valence-electron chi connectivity index (χ0n) is 12.4. The summed E-state index contributed by atoms with van der Waals surface area (Å²) in [7, 11) is 0. The van der Waals surface area contributed by atoms with Crippen LogP contribution < -0.4 is 4.90 Å². The second-order valence-electron chi connectivity index (χ2n) is 4.85. The summed E-state index contributed by atoms with van der Waals surface area (Å²) in [5, 5.41) is 9.71. The number of anilines is 1. The van der Waals surface area contributed by atoms with Crippen LogP contribution in [-0.4, -0.2) is 17.4 Å². The zero-order chi connectivity index (χ0) is 15.4. The standard InChI is InChI=1S/C16H17N3OS/c1-11-6-4-7-14(10-11)19(9-5-8-17)16(20)15-12(2)18-13(3)21-15/h4,6-7,10H,5,9H2,1-3H3. The molecule has 2 aromatic rings. The Labute approximate surface area is 128 Å². The third kappa shape index (κ3) is 3.47. The Morgan fingerprint density at radius 2 is 2.14 bits per heavy atom. The van der Waals surface area contributed by atoms with Gasteiger partial charge in [0.05, 0.1) is 23.2 Å². The van der Waals surface area contributed by atoms with Crippen molar-refractivity contribution >= 4 is 22.9 Å². The second-order valence-corrected chi connectivity index (χ2v) is 6.05. The molecule has 1 heterocycles. The van der Waals surface area contributed by atoms with Crippen LogP contribution in [0.2, 0.25) is 0 Å². The van der Waals surface area contributed by atoms with Crippen LogP contribution in [0.3, 0.4) is 0 Å². The number of benzene rings is 1. The molecule has 0 saturated heterocycles. The molecule has 4 nitrogen and oxygen atoms in total. The Balaban J connectivity index is 2.38. The molecule has 0 aliphatic rings. The normalized spacial score (nSPS) is 10.2. The minimum absolute atomic E-state index is 0.0843. The number of thiazole rings is 1. The number of aromatic nitrogens is 1. The van der Waals surface area contributed by atoms with Crippen molar-refractivity contribution < 1.29 is 4.79 Å². The van der Waals surface area contributed by atoms with Crippen molar-refractivity contribution in [3.63, 3.8) is 0 Å². The molecule has 0 radical (unpaired) electrons. The minimum atomic E-state index is -0.0843. The third-order valence-corrected chi connectivity index (χ3v) is 4.16. The summed E-state index contributed by atoms with van der Waals surface area (Å²) in [6.45, 7) is 6.10. The van der Waals surface area contributed by atoms with Crippen molar-refractivity contribution in [1.29, 1.82) is 5.26 Å². The first kappa shape index (κ1) is 15.2. The molecular formula is C16H17N3OS. The van der Waals surface area contributed by atoms with Crippen LogP contribution in [0, 0.1) is 32.1 Å². The monoisotopic (exact) mass is 299 g/mol. The summed E-state index contributed by atoms with van der Waals surface area (Å²) in [5.41, 5.74) is 2.65. The molecule has 1 aromatic carbocycles. The average Bonchev–Trinajstić information content (AvgIpc) is 2.78. The zero-order valence-corrected chi connectivity index (χ0v) is 13.2. The number of amides is 1. The quantitative estimate of drug-likeness (QED) is 0.866. The lowest BCUT2D eigenvalue weighted by atomic mass is 10.2. The number of hydrogen-bond acceptors (Lipinski definition) is 4. The lowest BCUT2D eigenvalue weighted by Crippen LogP contribution is -2.31. The number of hydrogen-bond donors (Lipinski definition) is 0. The highest BCUT2D eigenvalue weighted by Crippen LogP contribution is 2.24. The van der Waals surface area contributed by atoms with E-state index in [0.29, 0.717) is 17.8 Å². The van der Waals surface area contributed by atoms with Gasteiger partial charge in [-0.2, -0.15) is 5.26 Å². The van der Waals surface area contributed by atoms with Crippen molar-refractivity contribution in [2.24, 2.45) is 0 Å². The van der Waals surface area contributed by atoms with Gasteiger partial charge in [0.1, 0.15) is 4.88 Å². The number of aryl methyl sites for hydroxylation is 3. The average molecular weight is 299 g/mol. The smallest absolute Gasteiger partial charge is 0.270 e. The third-order valence-electron chi connectivity index (χ3n) is 3.10. The fourth-order valence-corrected chi connectivity index (χ4v) is 3.03. The van der Waals surface area contributed by atoms with Crippen molar-refractivity contribution in [2.75, 3.05) is 11.4 Å². The summed E-state index contributed by atoms with van der Waals surface area (Å²) in [6, 6.07) is 9.86. The van der Waals surface area contributed by atoms with Gasteiger partial charge in [0.2, 0.25) is 0 Å². The molecule has 1 aromatic heterocycles. The van der Waals surface area contributed by atoms with E-state index < -0.39 is 0 Å². The maximum atomic E-state index is 12.8. The van der Waals surface area contributed by atoms with Crippen LogP contribution in [0.15, 0.2) is 24.3 Å². The number of nitrogens with zero attached hydrogens (tertiary/aromatic N) is 3. The lowest BCUT2D eigenvalue weighted by Gasteiger charge is -2.21. The van der Waals surface area contributed by atoms with Crippen molar-refractivity contribution in [3.8, 4) is 6.07 Å². The van der Waals surface area contributed by atoms with Gasteiger partial charge in [0.25, 0.3) is 5.91 Å². The fraction of sp³-hybridized carbons (Fsp3) is 0.312. The first-order valence-corrected chi connectivity index (χ1v) is 7.54. The Hall–Kier alpha value is -2.19. The predicted molar refractivity (Wildman–Crippen MR) is 84.7 cm³/mol. The number of carbonyl (C=O) groups excluding carboxylic acids is 1. The molecule has 5 heteroatoms. The predicted octanol–water partition coefficient (Wildman–Crippen LogP) is 3.63. The number of carbonyl (C=O) groups is 1. The second kappa shape index (κ2) is 6.51. The van der Waals surface area contributed by atoms with E-state index in [1.54, 1.807) is 4.90 Å². The first-order valence-electron chi connectivity index (χ1n) is 6.72. The van der Waals surface area contributed by atoms with Gasteiger partial charge < -0.3 is 4.90 Å². The SMILES string of the molecule is Cc1cccc(N(CCC#N)C(=O)c2sc(C)nc2C)c1. The maximum Gasteiger partial charge on any atom is 0.270 e. The van der Waals surface area contributed by atoms with E-state index in [9.17, 15) is 4.79 Å². The molecule has 0 fully saturated rings. The van der Waals surface area contributed by atoms with Gasteiger partial charge >= 0.3 is 0 Å². The molecule has 0 atom stereocenters. The highest BCUT2D eigenvalue weighted by Gasteiger charge is 2.22. The van der Waals surface area contributed by atoms with E-state index in [1.807, 2.05) is 45.0 Å². The van der Waals surface area contributed by atoms with E-state index in [4.69, 9.17) is 5.26 Å². The Morgan fingerprint density at radius 3 is 2.71 bits per heavy atom. The topological polar surface area (TPSA) is 57.0 Å². The van der Waals surface area contributed by atoms with Crippen LogP contribution in [0.4, 0.5) is 5.69 Å². The van der Waals surface area contributed by atoms with E-state index in [1.165, 1.54) is 11.3 Å². The lowest BCUT2D eigenvalue weighted by molar-refractivity contribution is 0.0990. The molecule has 0 bridgehead atoms. The Bertz CT molecular complexity index is 700. The summed E-state index contributed by atoms with van der Waals surface area (Å²) in [5.74, 6) is -0.0843. The minimum Gasteiger partial charge on any atom is -0.307 e. The van der Waals surface area contributed by atoms with Crippen LogP contribution >= 0.6 is 11.3 Å². The number of nitriles is 1. The molecule has 0 saturated carbocycles. The summed E-state index contributed by atoms with van der Waals surface area (Å²) in [4.78, 5) is 19.4. The molecule has 0 spiro atoms. The molecule has 2 rings (SSSR count). The Morgan fingerprint density at radius 1 is 1.38 bits per heavy atom. The molecule has 0 N–H and O–H groups in total. The highest BCUT2D eigenvalue weighted by atomic mass is 32.1. The van der Waals surface area contributed by atoms with Gasteiger partial charge in [-0.3, -0.25) is 4.79 Å². The molecule has 0 aliphatic carbocycles. The molecule has 0 unspecified atom stereocenters. The van der Waals surface area contributed by atoms with Crippen molar-refractivity contribution in [1.82, 2.24) is 4.98 Å². The number of rotatable bonds is 4. The van der Waals surface area contributed by atoms with Crippen LogP contribution in [0.25, 0.3) is 0 Å². The first-order chi connectivity index (χ1) is 10.0. The van der Waals surface area contributed by atoms with E-state index >= 15 is 0 Å². The van der Waals surface area contributed by atoms with Crippen molar-refractivity contribution in [2.45, 2.75) is 27.2 Å². The van der Waals surface area contributed by atoms with Gasteiger partial charge in [-0.05, 0) is 38.5 Å². The van der Waals surface area contributed by atoms with E-state index in [-0.39, 0.29) is 5.91 Å². The van der Waals surface area contributed by atoms with E-state index in [2.05, 4.69) is 11.1 Å². The van der Waals surface area contributed by atoms with Gasteiger partial charge in [-0.25, -0.2) is 4.98 Å². The molecular weight excluding hydrogens is 282 g/mol. The largest absolute Gasteiger partial charge is 0.307 e. The molecule has 1 amide bonds. The van der Waals surface area contributed by atoms with Gasteiger partial charge in [0, 0.05) is 12.2 Å². The molecule has 108 valence electrons. The fourth-order valence-electron chi connectivity index (χ4n) is 2.16. The Kier molecular flexibility index (Phi) is 4.71. The molecule has 21 heavy (non-hydrogen) atoms. The van der Waals surface area contributed by atoms with Crippen molar-refractivity contribution in [3.05, 3.63) is 45.4 Å². The van der Waals surface area contributed by atoms with Crippen LogP contribution in [-0.2, 0) is 0 Å². The van der Waals surface area contributed by atoms with E-state index in [0.717, 1.165) is 22.0 Å². The maximum absolute atomic E-state index is 12.8. The molecule has 0 aliphatic heterocycles.